The first kappa shape index (κ1) is 31.4. The molecule has 0 bridgehead atoms. The van der Waals surface area contributed by atoms with Crippen LogP contribution in [0.15, 0.2) is 0 Å². The Labute approximate surface area is 200 Å². The number of aliphatic carboxylic acids is 3. The maximum Gasteiger partial charge on any atom is 0.337 e. The average Bonchev–Trinajstić information content (AvgIpc) is 2.75. The molecule has 0 rings (SSSR count). The lowest BCUT2D eigenvalue weighted by Gasteiger charge is -2.41. The van der Waals surface area contributed by atoms with Crippen LogP contribution in [-0.4, -0.2) is 43.9 Å². The van der Waals surface area contributed by atoms with Crippen molar-refractivity contribution in [1.29, 1.82) is 0 Å². The van der Waals surface area contributed by atoms with Gasteiger partial charge in [-0.3, -0.25) is 9.59 Å². The lowest BCUT2D eigenvalue weighted by atomic mass is 9.64. The number of carbonyl (C=O) groups is 3. The molecular weight excluding hydrogens is 424 g/mol. The Morgan fingerprint density at radius 3 is 1.15 bits per heavy atom. The molecule has 0 aliphatic heterocycles. The van der Waals surface area contributed by atoms with E-state index in [1.165, 1.54) is 32.1 Å². The van der Waals surface area contributed by atoms with E-state index in [-0.39, 0.29) is 12.8 Å². The molecule has 0 fully saturated rings. The van der Waals surface area contributed by atoms with E-state index in [1.807, 2.05) is 0 Å². The molecule has 0 aromatic carbocycles. The van der Waals surface area contributed by atoms with E-state index < -0.39 is 35.3 Å². The molecule has 0 spiro atoms. The molecular formula is C26H48O7. The Kier molecular flexibility index (Phi) is 16.9. The molecule has 2 atom stereocenters. The van der Waals surface area contributed by atoms with Gasteiger partial charge >= 0.3 is 17.9 Å². The predicted octanol–water partition coefficient (Wildman–Crippen LogP) is 6.41. The fourth-order valence-electron chi connectivity index (χ4n) is 4.72. The summed E-state index contributed by atoms with van der Waals surface area (Å²) >= 11 is 0. The van der Waals surface area contributed by atoms with Crippen molar-refractivity contribution < 1.29 is 34.8 Å². The maximum absolute atomic E-state index is 12.4. The van der Waals surface area contributed by atoms with Gasteiger partial charge in [-0.05, 0) is 12.8 Å². The van der Waals surface area contributed by atoms with Crippen LogP contribution in [0.5, 0.6) is 0 Å². The highest BCUT2D eigenvalue weighted by molar-refractivity contribution is 5.92. The van der Waals surface area contributed by atoms with Crippen LogP contribution in [0, 0.1) is 5.41 Å². The fourth-order valence-corrected chi connectivity index (χ4v) is 4.72. The summed E-state index contributed by atoms with van der Waals surface area (Å²) in [4.78, 5) is 35.7. The van der Waals surface area contributed by atoms with Crippen molar-refractivity contribution in [3.63, 3.8) is 0 Å². The van der Waals surface area contributed by atoms with Crippen LogP contribution in [0.4, 0.5) is 0 Å². The van der Waals surface area contributed by atoms with Gasteiger partial charge < -0.3 is 20.4 Å². The molecule has 0 aromatic heterocycles. The van der Waals surface area contributed by atoms with E-state index in [1.54, 1.807) is 0 Å². The van der Waals surface area contributed by atoms with Crippen molar-refractivity contribution in [2.45, 2.75) is 141 Å². The normalized spacial score (nSPS) is 15.0. The van der Waals surface area contributed by atoms with Crippen LogP contribution in [0.25, 0.3) is 0 Å². The highest BCUT2D eigenvalue weighted by Crippen LogP contribution is 2.45. The lowest BCUT2D eigenvalue weighted by molar-refractivity contribution is -0.196. The van der Waals surface area contributed by atoms with Crippen LogP contribution in [0.3, 0.4) is 0 Å². The first-order valence-electron chi connectivity index (χ1n) is 13.1. The molecule has 0 heterocycles. The van der Waals surface area contributed by atoms with E-state index in [0.717, 1.165) is 57.8 Å². The quantitative estimate of drug-likeness (QED) is 0.126. The van der Waals surface area contributed by atoms with E-state index in [4.69, 9.17) is 0 Å². The summed E-state index contributed by atoms with van der Waals surface area (Å²) in [6.45, 7) is 4.28. The highest BCUT2D eigenvalue weighted by atomic mass is 16.4. The van der Waals surface area contributed by atoms with Crippen molar-refractivity contribution in [2.75, 3.05) is 0 Å². The number of hydrogen-bond donors (Lipinski definition) is 4. The minimum atomic E-state index is -2.84. The molecule has 2 unspecified atom stereocenters. The first-order valence-corrected chi connectivity index (χ1v) is 13.1. The van der Waals surface area contributed by atoms with Gasteiger partial charge in [-0.2, -0.15) is 0 Å². The molecule has 0 aromatic rings. The largest absolute Gasteiger partial charge is 0.481 e. The van der Waals surface area contributed by atoms with Crippen molar-refractivity contribution >= 4 is 17.9 Å². The first-order chi connectivity index (χ1) is 15.7. The summed E-state index contributed by atoms with van der Waals surface area (Å²) in [7, 11) is 0. The van der Waals surface area contributed by atoms with E-state index >= 15 is 0 Å². The minimum Gasteiger partial charge on any atom is -0.481 e. The van der Waals surface area contributed by atoms with Crippen molar-refractivity contribution in [3.05, 3.63) is 0 Å². The van der Waals surface area contributed by atoms with Crippen LogP contribution < -0.4 is 0 Å². The third-order valence-electron chi connectivity index (χ3n) is 6.88. The summed E-state index contributed by atoms with van der Waals surface area (Å²) in [5, 5.41) is 40.0. The zero-order valence-corrected chi connectivity index (χ0v) is 20.9. The molecule has 0 radical (unpaired) electrons. The smallest absolute Gasteiger partial charge is 0.337 e. The number of aliphatic hydroxyl groups is 1. The Bertz CT molecular complexity index is 563. The highest BCUT2D eigenvalue weighted by Gasteiger charge is 2.61. The lowest BCUT2D eigenvalue weighted by Crippen LogP contribution is -2.59. The summed E-state index contributed by atoms with van der Waals surface area (Å²) in [5.74, 6) is -4.71. The van der Waals surface area contributed by atoms with Gasteiger partial charge in [0, 0.05) is 0 Å². The van der Waals surface area contributed by atoms with Gasteiger partial charge in [0.2, 0.25) is 0 Å². The second kappa shape index (κ2) is 17.8. The zero-order valence-electron chi connectivity index (χ0n) is 20.9. The molecule has 194 valence electrons. The summed E-state index contributed by atoms with van der Waals surface area (Å²) in [6.07, 6.45) is 14.5. The molecule has 0 aliphatic rings. The van der Waals surface area contributed by atoms with Gasteiger partial charge in [0.1, 0.15) is 5.41 Å². The van der Waals surface area contributed by atoms with Gasteiger partial charge in [-0.15, -0.1) is 0 Å². The maximum atomic E-state index is 12.4. The third kappa shape index (κ3) is 11.4. The average molecular weight is 473 g/mol. The summed E-state index contributed by atoms with van der Waals surface area (Å²) < 4.78 is 0. The Morgan fingerprint density at radius 1 is 0.545 bits per heavy atom. The SMILES string of the molecule is CCCCCCCCCCCCC(CCCCCCCC)(C(=O)O)C(O)(CC(=O)O)C(=O)O. The van der Waals surface area contributed by atoms with E-state index in [9.17, 15) is 34.8 Å². The van der Waals surface area contributed by atoms with Crippen LogP contribution in [0.2, 0.25) is 0 Å². The van der Waals surface area contributed by atoms with Crippen molar-refractivity contribution in [2.24, 2.45) is 5.41 Å². The van der Waals surface area contributed by atoms with Gasteiger partial charge in [0.15, 0.2) is 5.60 Å². The molecule has 0 saturated heterocycles. The molecule has 0 amide bonds. The number of carboxylic acids is 3. The zero-order chi connectivity index (χ0) is 25.2. The molecule has 0 aliphatic carbocycles. The van der Waals surface area contributed by atoms with Gasteiger partial charge in [-0.1, -0.05) is 117 Å². The van der Waals surface area contributed by atoms with E-state index in [0.29, 0.717) is 12.8 Å². The van der Waals surface area contributed by atoms with Crippen LogP contribution >= 0.6 is 0 Å². The van der Waals surface area contributed by atoms with E-state index in [2.05, 4.69) is 13.8 Å². The van der Waals surface area contributed by atoms with Gasteiger partial charge in [0.25, 0.3) is 0 Å². The van der Waals surface area contributed by atoms with Crippen LogP contribution in [0.1, 0.15) is 136 Å². The van der Waals surface area contributed by atoms with Crippen molar-refractivity contribution in [3.8, 4) is 0 Å². The van der Waals surface area contributed by atoms with Crippen LogP contribution in [-0.2, 0) is 14.4 Å². The molecule has 0 saturated carbocycles. The monoisotopic (exact) mass is 472 g/mol. The third-order valence-corrected chi connectivity index (χ3v) is 6.88. The summed E-state index contributed by atoms with van der Waals surface area (Å²) in [6, 6.07) is 0. The second-order valence-corrected chi connectivity index (χ2v) is 9.57. The minimum absolute atomic E-state index is 0.0378. The topological polar surface area (TPSA) is 132 Å². The number of unbranched alkanes of at least 4 members (excludes halogenated alkanes) is 14. The number of hydrogen-bond acceptors (Lipinski definition) is 4. The Balaban J connectivity index is 5.09. The summed E-state index contributed by atoms with van der Waals surface area (Å²) in [5.41, 5.74) is -4.85. The standard InChI is InChI=1S/C26H48O7/c1-3-5-7-9-11-12-13-14-16-18-20-25(23(29)30,19-17-15-10-8-6-4-2)26(33,24(31)32)21-22(27)28/h33H,3-21H2,1-2H3,(H,27,28)(H,29,30)(H,31,32). The van der Waals surface area contributed by atoms with Crippen molar-refractivity contribution in [1.82, 2.24) is 0 Å². The van der Waals surface area contributed by atoms with Gasteiger partial charge in [-0.25, -0.2) is 4.79 Å². The number of carboxylic acid groups (broad SMARTS) is 3. The second-order valence-electron chi connectivity index (χ2n) is 9.57. The Hall–Kier alpha value is -1.63. The number of rotatable bonds is 23. The van der Waals surface area contributed by atoms with Gasteiger partial charge in [0.05, 0.1) is 6.42 Å². The molecule has 7 nitrogen and oxygen atoms in total. The fraction of sp³-hybridized carbons (Fsp3) is 0.885. The molecule has 33 heavy (non-hydrogen) atoms. The Morgan fingerprint density at radius 2 is 0.879 bits per heavy atom. The predicted molar refractivity (Wildman–Crippen MR) is 129 cm³/mol. The molecule has 4 N–H and O–H groups in total. The molecule has 7 heteroatoms.